The van der Waals surface area contributed by atoms with Gasteiger partial charge in [0, 0.05) is 18.0 Å². The fourth-order valence-corrected chi connectivity index (χ4v) is 2.34. The lowest BCUT2D eigenvalue weighted by atomic mass is 9.99. The van der Waals surface area contributed by atoms with Crippen LogP contribution in [-0.2, 0) is 6.54 Å². The molecule has 6 heteroatoms. The molecule has 0 bridgehead atoms. The van der Waals surface area contributed by atoms with Crippen LogP contribution in [0, 0.1) is 5.82 Å². The van der Waals surface area contributed by atoms with Crippen LogP contribution in [0.25, 0.3) is 0 Å². The van der Waals surface area contributed by atoms with Gasteiger partial charge < -0.3 is 5.32 Å². The molecule has 1 fully saturated rings. The molecule has 1 aliphatic rings. The molecule has 1 saturated heterocycles. The van der Waals surface area contributed by atoms with Gasteiger partial charge in [-0.25, -0.2) is 4.39 Å². The summed E-state index contributed by atoms with van der Waals surface area (Å²) < 4.78 is 13.5. The number of hydrogen-bond acceptors (Lipinski definition) is 4. The predicted molar refractivity (Wildman–Crippen MR) is 68.2 cm³/mol. The van der Waals surface area contributed by atoms with Gasteiger partial charge >= 0.3 is 0 Å². The van der Waals surface area contributed by atoms with Crippen LogP contribution in [0.15, 0.2) is 24.3 Å². The second-order valence-electron chi connectivity index (χ2n) is 4.81. The standard InChI is InChI=1S/C13H16FN5/c14-12-6-2-1-4-11(12)9-19-17-13(16-18-19)10-5-3-7-15-8-10/h1-2,4,6,10,15H,3,5,7-9H2. The third-order valence-electron chi connectivity index (χ3n) is 3.40. The summed E-state index contributed by atoms with van der Waals surface area (Å²) >= 11 is 0. The summed E-state index contributed by atoms with van der Waals surface area (Å²) in [5, 5.41) is 15.8. The Hall–Kier alpha value is -1.82. The Labute approximate surface area is 110 Å². The lowest BCUT2D eigenvalue weighted by Gasteiger charge is -2.19. The van der Waals surface area contributed by atoms with Gasteiger partial charge in [-0.2, -0.15) is 4.80 Å². The molecular formula is C13H16FN5. The number of benzene rings is 1. The van der Waals surface area contributed by atoms with Crippen molar-refractivity contribution in [1.29, 1.82) is 0 Å². The molecule has 1 aromatic heterocycles. The maximum Gasteiger partial charge on any atom is 0.179 e. The fraction of sp³-hybridized carbons (Fsp3) is 0.462. The maximum absolute atomic E-state index is 13.5. The second kappa shape index (κ2) is 5.44. The predicted octanol–water partition coefficient (Wildman–Crippen LogP) is 1.33. The first-order chi connectivity index (χ1) is 9.33. The molecule has 1 unspecified atom stereocenters. The monoisotopic (exact) mass is 261 g/mol. The Kier molecular flexibility index (Phi) is 3.50. The number of nitrogens with one attached hydrogen (secondary N) is 1. The van der Waals surface area contributed by atoms with Crippen molar-refractivity contribution < 1.29 is 4.39 Å². The van der Waals surface area contributed by atoms with Crippen LogP contribution < -0.4 is 5.32 Å². The van der Waals surface area contributed by atoms with E-state index in [1.165, 1.54) is 10.9 Å². The number of halogens is 1. The van der Waals surface area contributed by atoms with Crippen molar-refractivity contribution in [2.75, 3.05) is 13.1 Å². The number of rotatable bonds is 3. The number of piperidine rings is 1. The van der Waals surface area contributed by atoms with Gasteiger partial charge in [0.05, 0.1) is 6.54 Å². The van der Waals surface area contributed by atoms with E-state index in [1.807, 2.05) is 0 Å². The minimum atomic E-state index is -0.235. The van der Waals surface area contributed by atoms with Gasteiger partial charge in [0.2, 0.25) is 0 Å². The van der Waals surface area contributed by atoms with Crippen LogP contribution in [0.5, 0.6) is 0 Å². The Balaban J connectivity index is 1.73. The van der Waals surface area contributed by atoms with E-state index in [9.17, 15) is 4.39 Å². The van der Waals surface area contributed by atoms with Crippen molar-refractivity contribution in [3.05, 3.63) is 41.5 Å². The van der Waals surface area contributed by atoms with Crippen molar-refractivity contribution >= 4 is 0 Å². The molecule has 3 rings (SSSR count). The van der Waals surface area contributed by atoms with E-state index in [0.29, 0.717) is 18.0 Å². The van der Waals surface area contributed by atoms with Gasteiger partial charge in [-0.05, 0) is 30.7 Å². The van der Waals surface area contributed by atoms with Crippen molar-refractivity contribution in [2.45, 2.75) is 25.3 Å². The summed E-state index contributed by atoms with van der Waals surface area (Å²) in [6.07, 6.45) is 2.21. The summed E-state index contributed by atoms with van der Waals surface area (Å²) in [7, 11) is 0. The second-order valence-corrected chi connectivity index (χ2v) is 4.81. The fourth-order valence-electron chi connectivity index (χ4n) is 2.34. The van der Waals surface area contributed by atoms with E-state index in [4.69, 9.17) is 0 Å². The van der Waals surface area contributed by atoms with Crippen LogP contribution in [0.1, 0.15) is 30.1 Å². The molecule has 0 amide bonds. The van der Waals surface area contributed by atoms with E-state index in [0.717, 1.165) is 31.8 Å². The first kappa shape index (κ1) is 12.2. The number of aromatic nitrogens is 4. The molecule has 0 aliphatic carbocycles. The van der Waals surface area contributed by atoms with Crippen molar-refractivity contribution in [3.63, 3.8) is 0 Å². The SMILES string of the molecule is Fc1ccccc1Cn1nnc(C2CCCNC2)n1. The molecule has 5 nitrogen and oxygen atoms in total. The molecular weight excluding hydrogens is 245 g/mol. The minimum absolute atomic E-state index is 0.235. The molecule has 19 heavy (non-hydrogen) atoms. The lowest BCUT2D eigenvalue weighted by molar-refractivity contribution is 0.444. The summed E-state index contributed by atoms with van der Waals surface area (Å²) in [6, 6.07) is 6.66. The molecule has 1 N–H and O–H groups in total. The highest BCUT2D eigenvalue weighted by molar-refractivity contribution is 5.17. The Morgan fingerprint density at radius 2 is 2.26 bits per heavy atom. The molecule has 0 radical (unpaired) electrons. The van der Waals surface area contributed by atoms with Gasteiger partial charge in [0.1, 0.15) is 5.82 Å². The highest BCUT2D eigenvalue weighted by Crippen LogP contribution is 2.19. The molecule has 2 heterocycles. The Morgan fingerprint density at radius 3 is 3.05 bits per heavy atom. The molecule has 1 aromatic carbocycles. The molecule has 0 spiro atoms. The highest BCUT2D eigenvalue weighted by atomic mass is 19.1. The molecule has 100 valence electrons. The lowest BCUT2D eigenvalue weighted by Crippen LogP contribution is -2.29. The van der Waals surface area contributed by atoms with Crippen molar-refractivity contribution in [2.24, 2.45) is 0 Å². The molecule has 2 aromatic rings. The third-order valence-corrected chi connectivity index (χ3v) is 3.40. The van der Waals surface area contributed by atoms with Crippen LogP contribution >= 0.6 is 0 Å². The smallest absolute Gasteiger partial charge is 0.179 e. The zero-order chi connectivity index (χ0) is 13.1. The van der Waals surface area contributed by atoms with Gasteiger partial charge in [0.25, 0.3) is 0 Å². The van der Waals surface area contributed by atoms with Gasteiger partial charge in [-0.3, -0.25) is 0 Å². The van der Waals surface area contributed by atoms with E-state index in [1.54, 1.807) is 18.2 Å². The van der Waals surface area contributed by atoms with Crippen LogP contribution in [0.4, 0.5) is 4.39 Å². The van der Waals surface area contributed by atoms with Gasteiger partial charge in [-0.15, -0.1) is 10.2 Å². The molecule has 0 saturated carbocycles. The van der Waals surface area contributed by atoms with Crippen LogP contribution in [0.3, 0.4) is 0 Å². The molecule has 1 atom stereocenters. The number of hydrogen-bond donors (Lipinski definition) is 1. The third kappa shape index (κ3) is 2.78. The largest absolute Gasteiger partial charge is 0.316 e. The topological polar surface area (TPSA) is 55.6 Å². The van der Waals surface area contributed by atoms with E-state index in [-0.39, 0.29) is 5.82 Å². The first-order valence-electron chi connectivity index (χ1n) is 6.55. The summed E-state index contributed by atoms with van der Waals surface area (Å²) in [5.74, 6) is 0.840. The Morgan fingerprint density at radius 1 is 1.37 bits per heavy atom. The maximum atomic E-state index is 13.5. The quantitative estimate of drug-likeness (QED) is 0.905. The average molecular weight is 261 g/mol. The van der Waals surface area contributed by atoms with Crippen LogP contribution in [0.2, 0.25) is 0 Å². The molecule has 1 aliphatic heterocycles. The highest BCUT2D eigenvalue weighted by Gasteiger charge is 2.19. The van der Waals surface area contributed by atoms with Crippen molar-refractivity contribution in [1.82, 2.24) is 25.5 Å². The van der Waals surface area contributed by atoms with E-state index >= 15 is 0 Å². The van der Waals surface area contributed by atoms with E-state index in [2.05, 4.69) is 20.7 Å². The normalized spacial score (nSPS) is 19.5. The zero-order valence-corrected chi connectivity index (χ0v) is 10.6. The van der Waals surface area contributed by atoms with Gasteiger partial charge in [-0.1, -0.05) is 18.2 Å². The summed E-state index contributed by atoms with van der Waals surface area (Å²) in [6.45, 7) is 2.27. The first-order valence-corrected chi connectivity index (χ1v) is 6.55. The number of tetrazole rings is 1. The van der Waals surface area contributed by atoms with Crippen molar-refractivity contribution in [3.8, 4) is 0 Å². The summed E-state index contributed by atoms with van der Waals surface area (Å²) in [4.78, 5) is 1.46. The zero-order valence-electron chi connectivity index (χ0n) is 10.6. The summed E-state index contributed by atoms with van der Waals surface area (Å²) in [5.41, 5.74) is 0.577. The Bertz CT molecular complexity index is 547. The van der Waals surface area contributed by atoms with E-state index < -0.39 is 0 Å². The average Bonchev–Trinajstić information content (AvgIpc) is 2.91. The minimum Gasteiger partial charge on any atom is -0.316 e. The van der Waals surface area contributed by atoms with Gasteiger partial charge in [0.15, 0.2) is 5.82 Å². The van der Waals surface area contributed by atoms with Crippen LogP contribution in [-0.4, -0.2) is 33.3 Å². The number of nitrogens with zero attached hydrogens (tertiary/aromatic N) is 4.